The van der Waals surface area contributed by atoms with Crippen molar-refractivity contribution in [1.82, 2.24) is 5.32 Å². The van der Waals surface area contributed by atoms with Crippen LogP contribution in [0.4, 0.5) is 0 Å². The second kappa shape index (κ2) is 8.94. The third kappa shape index (κ3) is 5.06. The van der Waals surface area contributed by atoms with Crippen molar-refractivity contribution < 1.29 is 14.3 Å². The Morgan fingerprint density at radius 3 is 2.83 bits per heavy atom. The maximum Gasteiger partial charge on any atom is 0.255 e. The average Bonchev–Trinajstić information content (AvgIpc) is 2.42. The number of carbonyl (C=O) groups is 1. The Morgan fingerprint density at radius 1 is 1.33 bits per heavy atom. The Kier molecular flexibility index (Phi) is 7.44. The van der Waals surface area contributed by atoms with E-state index < -0.39 is 0 Å². The van der Waals surface area contributed by atoms with Gasteiger partial charge in [0, 0.05) is 18.5 Å². The molecule has 1 amide bonds. The van der Waals surface area contributed by atoms with Crippen LogP contribution >= 0.6 is 15.9 Å². The fraction of sp³-hybridized carbons (Fsp3) is 0.462. The van der Waals surface area contributed by atoms with Gasteiger partial charge in [0.05, 0.1) is 19.3 Å². The van der Waals surface area contributed by atoms with Crippen LogP contribution in [0.1, 0.15) is 16.8 Å². The predicted molar refractivity (Wildman–Crippen MR) is 74.6 cm³/mol. The van der Waals surface area contributed by atoms with Crippen molar-refractivity contribution in [2.24, 2.45) is 0 Å². The van der Waals surface area contributed by atoms with Crippen molar-refractivity contribution in [1.29, 1.82) is 0 Å². The van der Waals surface area contributed by atoms with Gasteiger partial charge in [-0.05, 0) is 18.6 Å². The van der Waals surface area contributed by atoms with Crippen LogP contribution in [-0.2, 0) is 4.74 Å². The standard InChI is InChI=1S/C13H18BrNO3/c1-17-12-6-3-2-5-11(12)13(16)15-8-4-9-18-10-7-14/h2-3,5-6H,4,7-10H2,1H3,(H,15,16). The molecule has 100 valence electrons. The van der Waals surface area contributed by atoms with E-state index in [2.05, 4.69) is 21.2 Å². The van der Waals surface area contributed by atoms with Crippen LogP contribution in [0.15, 0.2) is 24.3 Å². The topological polar surface area (TPSA) is 47.6 Å². The van der Waals surface area contributed by atoms with E-state index in [0.717, 1.165) is 11.8 Å². The van der Waals surface area contributed by atoms with Crippen molar-refractivity contribution in [3.63, 3.8) is 0 Å². The Bertz CT molecular complexity index is 371. The molecule has 0 fully saturated rings. The van der Waals surface area contributed by atoms with E-state index in [-0.39, 0.29) is 5.91 Å². The van der Waals surface area contributed by atoms with Crippen molar-refractivity contribution in [3.05, 3.63) is 29.8 Å². The minimum absolute atomic E-state index is 0.118. The number of para-hydroxylation sites is 1. The molecule has 1 N–H and O–H groups in total. The molecular formula is C13H18BrNO3. The lowest BCUT2D eigenvalue weighted by Gasteiger charge is -2.09. The Hall–Kier alpha value is -1.07. The van der Waals surface area contributed by atoms with Crippen molar-refractivity contribution in [2.45, 2.75) is 6.42 Å². The Labute approximate surface area is 116 Å². The van der Waals surface area contributed by atoms with Gasteiger partial charge in [-0.2, -0.15) is 0 Å². The quantitative estimate of drug-likeness (QED) is 0.591. The number of nitrogens with one attached hydrogen (secondary N) is 1. The van der Waals surface area contributed by atoms with Crippen LogP contribution in [0.3, 0.4) is 0 Å². The van der Waals surface area contributed by atoms with Gasteiger partial charge in [-0.3, -0.25) is 4.79 Å². The molecule has 0 spiro atoms. The van der Waals surface area contributed by atoms with Gasteiger partial charge in [-0.25, -0.2) is 0 Å². The van der Waals surface area contributed by atoms with Crippen LogP contribution < -0.4 is 10.1 Å². The molecule has 0 aliphatic heterocycles. The second-order valence-corrected chi connectivity index (χ2v) is 4.40. The molecule has 0 saturated carbocycles. The first-order chi connectivity index (χ1) is 8.79. The van der Waals surface area contributed by atoms with Gasteiger partial charge in [-0.1, -0.05) is 28.1 Å². The number of hydrogen-bond donors (Lipinski definition) is 1. The molecule has 0 aliphatic carbocycles. The van der Waals surface area contributed by atoms with Crippen molar-refractivity contribution in [2.75, 3.05) is 32.2 Å². The van der Waals surface area contributed by atoms with Gasteiger partial charge in [0.25, 0.3) is 5.91 Å². The van der Waals surface area contributed by atoms with Crippen LogP contribution in [0.5, 0.6) is 5.75 Å². The van der Waals surface area contributed by atoms with E-state index in [9.17, 15) is 4.79 Å². The smallest absolute Gasteiger partial charge is 0.255 e. The van der Waals surface area contributed by atoms with Crippen LogP contribution in [0.25, 0.3) is 0 Å². The fourth-order valence-electron chi connectivity index (χ4n) is 1.46. The molecule has 0 heterocycles. The number of alkyl halides is 1. The summed E-state index contributed by atoms with van der Waals surface area (Å²) in [7, 11) is 1.56. The van der Waals surface area contributed by atoms with E-state index in [0.29, 0.717) is 31.1 Å². The summed E-state index contributed by atoms with van der Waals surface area (Å²) < 4.78 is 10.4. The molecule has 0 radical (unpaired) electrons. The van der Waals surface area contributed by atoms with Gasteiger partial charge in [-0.15, -0.1) is 0 Å². The first-order valence-corrected chi connectivity index (χ1v) is 6.96. The SMILES string of the molecule is COc1ccccc1C(=O)NCCCOCCBr. The highest BCUT2D eigenvalue weighted by Gasteiger charge is 2.09. The number of methoxy groups -OCH3 is 1. The zero-order chi connectivity index (χ0) is 13.2. The van der Waals surface area contributed by atoms with Gasteiger partial charge >= 0.3 is 0 Å². The maximum absolute atomic E-state index is 11.9. The van der Waals surface area contributed by atoms with Crippen LogP contribution in [-0.4, -0.2) is 38.1 Å². The summed E-state index contributed by atoms with van der Waals surface area (Å²) in [6, 6.07) is 7.17. The van der Waals surface area contributed by atoms with E-state index in [1.165, 1.54) is 0 Å². The van der Waals surface area contributed by atoms with E-state index >= 15 is 0 Å². The third-order valence-corrected chi connectivity index (χ3v) is 2.65. The molecule has 0 aromatic heterocycles. The third-order valence-electron chi connectivity index (χ3n) is 2.32. The lowest BCUT2D eigenvalue weighted by molar-refractivity contribution is 0.0941. The summed E-state index contributed by atoms with van der Waals surface area (Å²) in [5, 5.41) is 3.67. The van der Waals surface area contributed by atoms with Crippen LogP contribution in [0.2, 0.25) is 0 Å². The summed E-state index contributed by atoms with van der Waals surface area (Å²) in [5.41, 5.74) is 0.557. The van der Waals surface area contributed by atoms with Crippen LogP contribution in [0, 0.1) is 0 Å². The Morgan fingerprint density at radius 2 is 2.11 bits per heavy atom. The molecule has 0 unspecified atom stereocenters. The lowest BCUT2D eigenvalue weighted by atomic mass is 10.2. The number of amides is 1. The summed E-state index contributed by atoms with van der Waals surface area (Å²) in [6.07, 6.45) is 0.799. The Balaban J connectivity index is 2.32. The number of benzene rings is 1. The van der Waals surface area contributed by atoms with Gasteiger partial charge < -0.3 is 14.8 Å². The molecule has 5 heteroatoms. The molecule has 18 heavy (non-hydrogen) atoms. The molecule has 0 bridgehead atoms. The number of carbonyl (C=O) groups excluding carboxylic acids is 1. The minimum atomic E-state index is -0.118. The summed E-state index contributed by atoms with van der Waals surface area (Å²) in [5.74, 6) is 0.471. The highest BCUT2D eigenvalue weighted by atomic mass is 79.9. The van der Waals surface area contributed by atoms with Crippen molar-refractivity contribution >= 4 is 21.8 Å². The minimum Gasteiger partial charge on any atom is -0.496 e. The molecule has 1 rings (SSSR count). The average molecular weight is 316 g/mol. The molecule has 0 saturated heterocycles. The lowest BCUT2D eigenvalue weighted by Crippen LogP contribution is -2.25. The largest absolute Gasteiger partial charge is 0.496 e. The number of rotatable bonds is 8. The van der Waals surface area contributed by atoms with Gasteiger partial charge in [0.15, 0.2) is 0 Å². The van der Waals surface area contributed by atoms with Gasteiger partial charge in [0.2, 0.25) is 0 Å². The van der Waals surface area contributed by atoms with E-state index in [1.54, 1.807) is 19.2 Å². The molecular weight excluding hydrogens is 298 g/mol. The summed E-state index contributed by atoms with van der Waals surface area (Å²) >= 11 is 3.28. The molecule has 1 aromatic carbocycles. The van der Waals surface area contributed by atoms with E-state index in [4.69, 9.17) is 9.47 Å². The first-order valence-electron chi connectivity index (χ1n) is 5.84. The molecule has 1 aromatic rings. The van der Waals surface area contributed by atoms with Crippen molar-refractivity contribution in [3.8, 4) is 5.75 Å². The van der Waals surface area contributed by atoms with E-state index in [1.807, 2.05) is 12.1 Å². The highest BCUT2D eigenvalue weighted by molar-refractivity contribution is 9.09. The second-order valence-electron chi connectivity index (χ2n) is 3.61. The fourth-order valence-corrected chi connectivity index (χ4v) is 1.69. The monoisotopic (exact) mass is 315 g/mol. The zero-order valence-corrected chi connectivity index (χ0v) is 12.0. The molecule has 0 aliphatic rings. The predicted octanol–water partition coefficient (Wildman–Crippen LogP) is 2.23. The molecule has 0 atom stereocenters. The first kappa shape index (κ1) is 15.0. The summed E-state index contributed by atoms with van der Waals surface area (Å²) in [4.78, 5) is 11.9. The maximum atomic E-state index is 11.9. The summed E-state index contributed by atoms with van der Waals surface area (Å²) in [6.45, 7) is 1.94. The van der Waals surface area contributed by atoms with Gasteiger partial charge in [0.1, 0.15) is 5.75 Å². The number of halogens is 1. The zero-order valence-electron chi connectivity index (χ0n) is 10.4. The molecule has 4 nitrogen and oxygen atoms in total. The number of ether oxygens (including phenoxy) is 2. The number of hydrogen-bond acceptors (Lipinski definition) is 3. The normalized spacial score (nSPS) is 10.1. The highest BCUT2D eigenvalue weighted by Crippen LogP contribution is 2.16.